The van der Waals surface area contributed by atoms with Crippen LogP contribution in [0.15, 0.2) is 18.2 Å². The molecule has 0 radical (unpaired) electrons. The lowest BCUT2D eigenvalue weighted by Gasteiger charge is -2.19. The van der Waals surface area contributed by atoms with E-state index in [1.54, 1.807) is 45.9 Å². The fourth-order valence-corrected chi connectivity index (χ4v) is 2.45. The van der Waals surface area contributed by atoms with Crippen molar-refractivity contribution in [1.82, 2.24) is 9.78 Å². The number of aromatic nitrogens is 2. The number of carbonyl (C=O) groups is 2. The van der Waals surface area contributed by atoms with E-state index in [2.05, 4.69) is 5.10 Å². The van der Waals surface area contributed by atoms with Gasteiger partial charge in [0.15, 0.2) is 0 Å². The summed E-state index contributed by atoms with van der Waals surface area (Å²) >= 11 is 0. The Labute approximate surface area is 140 Å². The van der Waals surface area contributed by atoms with Gasteiger partial charge in [0.2, 0.25) is 0 Å². The van der Waals surface area contributed by atoms with Gasteiger partial charge in [-0.2, -0.15) is 5.10 Å². The molecule has 7 nitrogen and oxygen atoms in total. The molecule has 0 fully saturated rings. The molecule has 0 aliphatic rings. The van der Waals surface area contributed by atoms with Crippen molar-refractivity contribution >= 4 is 22.8 Å². The largest absolute Gasteiger partial charge is 0.465 e. The van der Waals surface area contributed by atoms with Gasteiger partial charge in [0.05, 0.1) is 30.0 Å². The Morgan fingerprint density at radius 2 is 2.00 bits per heavy atom. The van der Waals surface area contributed by atoms with Crippen molar-refractivity contribution in [2.75, 3.05) is 7.11 Å². The van der Waals surface area contributed by atoms with Gasteiger partial charge >= 0.3 is 11.9 Å². The van der Waals surface area contributed by atoms with Crippen LogP contribution in [-0.2, 0) is 20.8 Å². The van der Waals surface area contributed by atoms with Crippen LogP contribution in [0.1, 0.15) is 49.9 Å². The molecule has 2 aromatic rings. The number of hydrogen-bond donors (Lipinski definition) is 1. The third-order valence-electron chi connectivity index (χ3n) is 3.31. The predicted molar refractivity (Wildman–Crippen MR) is 87.6 cm³/mol. The zero-order chi connectivity index (χ0) is 18.1. The minimum Gasteiger partial charge on any atom is -0.465 e. The Morgan fingerprint density at radius 3 is 2.54 bits per heavy atom. The Hall–Kier alpha value is -2.41. The summed E-state index contributed by atoms with van der Waals surface area (Å²) in [6.07, 6.45) is -0.904. The molecule has 24 heavy (non-hydrogen) atoms. The Bertz CT molecular complexity index is 771. The maximum atomic E-state index is 12.1. The second-order valence-electron chi connectivity index (χ2n) is 6.50. The summed E-state index contributed by atoms with van der Waals surface area (Å²) < 4.78 is 11.5. The van der Waals surface area contributed by atoms with Gasteiger partial charge < -0.3 is 14.6 Å². The number of methoxy groups -OCH3 is 1. The number of esters is 2. The molecule has 0 aliphatic heterocycles. The molecule has 130 valence electrons. The van der Waals surface area contributed by atoms with E-state index in [-0.39, 0.29) is 6.54 Å². The zero-order valence-electron chi connectivity index (χ0n) is 14.5. The number of aliphatic hydroxyl groups is 1. The number of hydrogen-bond acceptors (Lipinski definition) is 6. The molecule has 7 heteroatoms. The molecule has 1 N–H and O–H groups in total. The lowest BCUT2D eigenvalue weighted by atomic mass is 10.1. The van der Waals surface area contributed by atoms with Crippen molar-refractivity contribution in [2.24, 2.45) is 0 Å². The lowest BCUT2D eigenvalue weighted by Crippen LogP contribution is -2.26. The Kier molecular flexibility index (Phi) is 4.94. The first-order valence-electron chi connectivity index (χ1n) is 7.61. The second-order valence-corrected chi connectivity index (χ2v) is 6.50. The number of carbonyl (C=O) groups excluding carboxylic acids is 2. The lowest BCUT2D eigenvalue weighted by molar-refractivity contribution is -0.155. The molecule has 0 saturated heterocycles. The van der Waals surface area contributed by atoms with Crippen LogP contribution < -0.4 is 0 Å². The first-order valence-corrected chi connectivity index (χ1v) is 7.61. The van der Waals surface area contributed by atoms with Crippen LogP contribution in [0.5, 0.6) is 0 Å². The first kappa shape index (κ1) is 17.9. The molecule has 0 saturated carbocycles. The van der Waals surface area contributed by atoms with Gasteiger partial charge in [-0.05, 0) is 39.8 Å². The number of nitrogens with zero attached hydrogens (tertiary/aromatic N) is 2. The van der Waals surface area contributed by atoms with Crippen LogP contribution >= 0.6 is 0 Å². The average molecular weight is 334 g/mol. The van der Waals surface area contributed by atoms with Gasteiger partial charge in [-0.25, -0.2) is 4.79 Å². The predicted octanol–water partition coefficient (Wildman–Crippen LogP) is 2.22. The monoisotopic (exact) mass is 334 g/mol. The van der Waals surface area contributed by atoms with Crippen LogP contribution in [0.2, 0.25) is 0 Å². The molecule has 0 amide bonds. The standard InChI is InChI=1S/C17H22N2O5/c1-10(20)15-14-11(16(22)23-5)7-6-8-12(14)19(18-15)9-13(21)24-17(2,3)4/h6-8,10,20H,9H2,1-5H3. The van der Waals surface area contributed by atoms with Gasteiger partial charge in [-0.3, -0.25) is 9.48 Å². The van der Waals surface area contributed by atoms with Crippen molar-refractivity contribution < 1.29 is 24.2 Å². The molecule has 1 heterocycles. The van der Waals surface area contributed by atoms with Crippen molar-refractivity contribution in [3.05, 3.63) is 29.5 Å². The molecule has 0 bridgehead atoms. The van der Waals surface area contributed by atoms with Gasteiger partial charge in [0.1, 0.15) is 12.1 Å². The fraction of sp³-hybridized carbons (Fsp3) is 0.471. The highest BCUT2D eigenvalue weighted by molar-refractivity contribution is 6.05. The van der Waals surface area contributed by atoms with Crippen molar-refractivity contribution in [1.29, 1.82) is 0 Å². The Balaban J connectivity index is 2.53. The molecule has 2 rings (SSSR count). The third-order valence-corrected chi connectivity index (χ3v) is 3.31. The van der Waals surface area contributed by atoms with E-state index in [1.807, 2.05) is 0 Å². The number of ether oxygens (including phenoxy) is 2. The van der Waals surface area contributed by atoms with Crippen LogP contribution in [0, 0.1) is 0 Å². The van der Waals surface area contributed by atoms with E-state index in [0.29, 0.717) is 22.2 Å². The van der Waals surface area contributed by atoms with Crippen LogP contribution in [0.3, 0.4) is 0 Å². The number of fused-ring (bicyclic) bond motifs is 1. The van der Waals surface area contributed by atoms with Gasteiger partial charge in [0.25, 0.3) is 0 Å². The summed E-state index contributed by atoms with van der Waals surface area (Å²) in [7, 11) is 1.29. The van der Waals surface area contributed by atoms with E-state index < -0.39 is 23.6 Å². The minimum atomic E-state index is -0.904. The van der Waals surface area contributed by atoms with Crippen LogP contribution in [0.4, 0.5) is 0 Å². The second kappa shape index (κ2) is 6.60. The fourth-order valence-electron chi connectivity index (χ4n) is 2.45. The molecule has 0 aliphatic carbocycles. The van der Waals surface area contributed by atoms with E-state index in [9.17, 15) is 14.7 Å². The summed E-state index contributed by atoms with van der Waals surface area (Å²) in [4.78, 5) is 24.1. The quantitative estimate of drug-likeness (QED) is 0.862. The van der Waals surface area contributed by atoms with Crippen molar-refractivity contribution in [3.63, 3.8) is 0 Å². The summed E-state index contributed by atoms with van der Waals surface area (Å²) in [5.74, 6) is -0.980. The average Bonchev–Trinajstić information content (AvgIpc) is 2.83. The molecule has 1 aromatic heterocycles. The Morgan fingerprint density at radius 1 is 1.33 bits per heavy atom. The molecule has 1 unspecified atom stereocenters. The van der Waals surface area contributed by atoms with E-state index in [4.69, 9.17) is 9.47 Å². The number of benzene rings is 1. The van der Waals surface area contributed by atoms with Crippen LogP contribution in [0.25, 0.3) is 10.9 Å². The normalized spacial score (nSPS) is 12.9. The van der Waals surface area contributed by atoms with Gasteiger partial charge in [-0.1, -0.05) is 6.07 Å². The van der Waals surface area contributed by atoms with Gasteiger partial charge in [0, 0.05) is 5.39 Å². The molecule has 0 spiro atoms. The SMILES string of the molecule is COC(=O)c1cccc2c1c(C(C)O)nn2CC(=O)OC(C)(C)C. The summed E-state index contributed by atoms with van der Waals surface area (Å²) in [5, 5.41) is 14.8. The van der Waals surface area contributed by atoms with E-state index in [0.717, 1.165) is 0 Å². The summed E-state index contributed by atoms with van der Waals surface area (Å²) in [6, 6.07) is 5.00. The highest BCUT2D eigenvalue weighted by atomic mass is 16.6. The van der Waals surface area contributed by atoms with E-state index >= 15 is 0 Å². The molecule has 1 atom stereocenters. The van der Waals surface area contributed by atoms with E-state index in [1.165, 1.54) is 11.8 Å². The van der Waals surface area contributed by atoms with Crippen molar-refractivity contribution in [3.8, 4) is 0 Å². The minimum absolute atomic E-state index is 0.120. The maximum absolute atomic E-state index is 12.1. The van der Waals surface area contributed by atoms with Crippen LogP contribution in [-0.4, -0.2) is 39.5 Å². The molecular formula is C17H22N2O5. The molecular weight excluding hydrogens is 312 g/mol. The smallest absolute Gasteiger partial charge is 0.338 e. The van der Waals surface area contributed by atoms with Crippen molar-refractivity contribution in [2.45, 2.75) is 45.9 Å². The highest BCUT2D eigenvalue weighted by Gasteiger charge is 2.23. The number of aliphatic hydroxyl groups excluding tert-OH is 1. The third kappa shape index (κ3) is 3.73. The summed E-state index contributed by atoms with van der Waals surface area (Å²) in [6.45, 7) is 6.77. The first-order chi connectivity index (χ1) is 11.1. The maximum Gasteiger partial charge on any atom is 0.338 e. The number of rotatable bonds is 4. The molecule has 1 aromatic carbocycles. The highest BCUT2D eigenvalue weighted by Crippen LogP contribution is 2.28. The summed E-state index contributed by atoms with van der Waals surface area (Å²) in [5.41, 5.74) is 0.556. The topological polar surface area (TPSA) is 90.6 Å². The zero-order valence-corrected chi connectivity index (χ0v) is 14.5. The van der Waals surface area contributed by atoms with Gasteiger partial charge in [-0.15, -0.1) is 0 Å².